The van der Waals surface area contributed by atoms with Gasteiger partial charge in [0.25, 0.3) is 11.8 Å². The minimum atomic E-state index is -1.19. The van der Waals surface area contributed by atoms with Crippen LogP contribution < -0.4 is 20.9 Å². The van der Waals surface area contributed by atoms with Gasteiger partial charge in [-0.15, -0.1) is 11.8 Å². The van der Waals surface area contributed by atoms with Crippen molar-refractivity contribution in [3.8, 4) is 0 Å². The van der Waals surface area contributed by atoms with Gasteiger partial charge in [0.2, 0.25) is 17.1 Å². The van der Waals surface area contributed by atoms with Crippen molar-refractivity contribution < 1.29 is 28.9 Å². The molecule has 1 fully saturated rings. The lowest BCUT2D eigenvalue weighted by atomic mass is 10.0. The van der Waals surface area contributed by atoms with E-state index in [4.69, 9.17) is 10.6 Å². The normalized spacial score (nSPS) is 18.8. The Hall–Kier alpha value is -4.02. The molecule has 1 saturated heterocycles. The number of carboxylic acid groups (broad SMARTS) is 1. The number of carbonyl (C=O) groups excluding carboxylic acids is 2. The average Bonchev–Trinajstić information content (AvgIpc) is 3.58. The molecule has 3 aromatic rings. The first-order chi connectivity index (χ1) is 19.8. The number of aryl methyl sites for hydroxylation is 1. The van der Waals surface area contributed by atoms with Gasteiger partial charge in [-0.3, -0.25) is 14.5 Å². The second-order valence-electron chi connectivity index (χ2n) is 9.30. The van der Waals surface area contributed by atoms with Crippen LogP contribution in [0.2, 0.25) is 0 Å². The number of β-lactam (4-membered cyclic amide) rings is 1. The summed E-state index contributed by atoms with van der Waals surface area (Å²) in [6, 6.07) is 5.03. The van der Waals surface area contributed by atoms with Crippen LogP contribution in [0.15, 0.2) is 47.0 Å². The largest absolute Gasteiger partial charge is 0.477 e. The third-order valence-electron chi connectivity index (χ3n) is 6.69. The molecular weight excluding hydrogens is 570 g/mol. The lowest BCUT2D eigenvalue weighted by Crippen LogP contribution is -2.71. The molecule has 5 rings (SSSR count). The Bertz CT molecular complexity index is 1550. The second-order valence-corrected chi connectivity index (χ2v) is 11.2. The van der Waals surface area contributed by atoms with Gasteiger partial charge < -0.3 is 30.9 Å². The molecule has 2 aliphatic rings. The standard InChI is InChI=1S/C25H29N9O5S2/c1-3-39-30-17(20-29-25(26)41-31-20)21(35)28-18-22(36)34-19(24(37)38)14(13-40-23(18)34)12-33-9-4-6-15-16(33)7-11-32(15)10-5-8-27-2/h4,6-7,9,11,18,23,27H,3,5,8,10,12-13H2,1-2H3,(H3-,26,28,29,31,35,37,38)/p+1/b30-17-/t18-,23-/m1/s1. The van der Waals surface area contributed by atoms with Crippen molar-refractivity contribution in [2.45, 2.75) is 37.8 Å². The number of nitrogens with one attached hydrogen (secondary N) is 2. The van der Waals surface area contributed by atoms with Gasteiger partial charge in [0.15, 0.2) is 17.9 Å². The van der Waals surface area contributed by atoms with Crippen LogP contribution in [0, 0.1) is 0 Å². The first-order valence-electron chi connectivity index (χ1n) is 13.0. The molecule has 16 heteroatoms. The maximum Gasteiger partial charge on any atom is 0.352 e. The number of carbonyl (C=O) groups is 3. The lowest BCUT2D eigenvalue weighted by Gasteiger charge is -2.49. The number of nitrogen functional groups attached to an aromatic ring is 1. The van der Waals surface area contributed by atoms with E-state index in [9.17, 15) is 19.5 Å². The molecular formula is C25H30N9O5S2+. The van der Waals surface area contributed by atoms with E-state index < -0.39 is 29.2 Å². The zero-order valence-electron chi connectivity index (χ0n) is 22.4. The molecule has 2 aliphatic heterocycles. The molecule has 14 nitrogen and oxygen atoms in total. The van der Waals surface area contributed by atoms with Crippen LogP contribution in [0.4, 0.5) is 5.13 Å². The highest BCUT2D eigenvalue weighted by molar-refractivity contribution is 8.00. The van der Waals surface area contributed by atoms with Gasteiger partial charge in [0, 0.05) is 47.7 Å². The second kappa shape index (κ2) is 12.2. The van der Waals surface area contributed by atoms with Crippen LogP contribution in [0.5, 0.6) is 0 Å². The van der Waals surface area contributed by atoms with E-state index in [0.717, 1.165) is 42.1 Å². The molecule has 41 heavy (non-hydrogen) atoms. The monoisotopic (exact) mass is 600 g/mol. The quantitative estimate of drug-likeness (QED) is 0.0735. The molecule has 0 aliphatic carbocycles. The summed E-state index contributed by atoms with van der Waals surface area (Å²) in [5, 5.41) is 19.3. The van der Waals surface area contributed by atoms with Gasteiger partial charge in [0.1, 0.15) is 29.2 Å². The minimum absolute atomic E-state index is 0.0196. The average molecular weight is 601 g/mol. The Kier molecular flexibility index (Phi) is 8.51. The Balaban J connectivity index is 1.35. The fraction of sp³-hybridized carbons (Fsp3) is 0.400. The number of hydrogen-bond donors (Lipinski definition) is 4. The zero-order chi connectivity index (χ0) is 29.1. The van der Waals surface area contributed by atoms with Gasteiger partial charge in [-0.1, -0.05) is 5.16 Å². The summed E-state index contributed by atoms with van der Waals surface area (Å²) in [5.41, 5.74) is 8.00. The molecule has 2 atom stereocenters. The maximum absolute atomic E-state index is 13.2. The molecule has 0 radical (unpaired) electrons. The Labute approximate surface area is 243 Å². The van der Waals surface area contributed by atoms with Crippen LogP contribution in [0.3, 0.4) is 0 Å². The summed E-state index contributed by atoms with van der Waals surface area (Å²) in [6.45, 7) is 3.97. The Morgan fingerprint density at radius 2 is 2.20 bits per heavy atom. The Morgan fingerprint density at radius 1 is 1.37 bits per heavy atom. The predicted molar refractivity (Wildman–Crippen MR) is 153 cm³/mol. The number of aliphatic carboxylic acids is 1. The third-order valence-corrected chi connectivity index (χ3v) is 8.57. The smallest absolute Gasteiger partial charge is 0.352 e. The Morgan fingerprint density at radius 3 is 2.90 bits per heavy atom. The molecule has 5 N–H and O–H groups in total. The highest BCUT2D eigenvalue weighted by Crippen LogP contribution is 2.40. The maximum atomic E-state index is 13.2. The van der Waals surface area contributed by atoms with E-state index in [-0.39, 0.29) is 29.0 Å². The molecule has 0 aromatic carbocycles. The number of thioether (sulfide) groups is 1. The lowest BCUT2D eigenvalue weighted by molar-refractivity contribution is -0.663. The summed E-state index contributed by atoms with van der Waals surface area (Å²) in [5.74, 6) is -2.08. The van der Waals surface area contributed by atoms with Crippen molar-refractivity contribution in [1.29, 1.82) is 0 Å². The van der Waals surface area contributed by atoms with Crippen LogP contribution in [-0.4, -0.2) is 84.8 Å². The van der Waals surface area contributed by atoms with Crippen molar-refractivity contribution in [1.82, 2.24) is 29.5 Å². The fourth-order valence-electron chi connectivity index (χ4n) is 4.84. The highest BCUT2D eigenvalue weighted by Gasteiger charge is 2.55. The van der Waals surface area contributed by atoms with Crippen molar-refractivity contribution in [2.24, 2.45) is 5.16 Å². The number of anilines is 1. The fourth-order valence-corrected chi connectivity index (χ4v) is 6.61. The zero-order valence-corrected chi connectivity index (χ0v) is 24.1. The van der Waals surface area contributed by atoms with Gasteiger partial charge in [-0.25, -0.2) is 4.79 Å². The summed E-state index contributed by atoms with van der Waals surface area (Å²) in [7, 11) is 1.92. The number of oxime groups is 1. The number of amides is 2. The van der Waals surface area contributed by atoms with E-state index in [2.05, 4.69) is 29.7 Å². The number of pyridine rings is 1. The number of nitrogens with zero attached hydrogens (tertiary/aromatic N) is 6. The van der Waals surface area contributed by atoms with E-state index in [1.807, 2.05) is 42.2 Å². The number of rotatable bonds is 12. The highest BCUT2D eigenvalue weighted by atomic mass is 32.2. The van der Waals surface area contributed by atoms with Gasteiger partial charge >= 0.3 is 5.97 Å². The van der Waals surface area contributed by atoms with Gasteiger partial charge in [-0.05, 0) is 33.0 Å². The number of carboxylic acids is 1. The van der Waals surface area contributed by atoms with Gasteiger partial charge in [-0.2, -0.15) is 13.9 Å². The molecule has 0 unspecified atom stereocenters. The molecule has 0 bridgehead atoms. The van der Waals surface area contributed by atoms with Crippen molar-refractivity contribution >= 4 is 63.0 Å². The number of aromatic nitrogens is 4. The summed E-state index contributed by atoms with van der Waals surface area (Å²) in [6.07, 6.45) is 4.91. The molecule has 216 valence electrons. The predicted octanol–water partition coefficient (Wildman–Crippen LogP) is 0.151. The topological polar surface area (TPSA) is 181 Å². The summed E-state index contributed by atoms with van der Waals surface area (Å²) >= 11 is 2.29. The van der Waals surface area contributed by atoms with E-state index in [1.54, 1.807) is 6.92 Å². The van der Waals surface area contributed by atoms with E-state index >= 15 is 0 Å². The molecule has 5 heterocycles. The summed E-state index contributed by atoms with van der Waals surface area (Å²) in [4.78, 5) is 49.0. The molecule has 3 aromatic heterocycles. The van der Waals surface area contributed by atoms with E-state index in [0.29, 0.717) is 17.9 Å². The van der Waals surface area contributed by atoms with Crippen LogP contribution >= 0.6 is 23.3 Å². The van der Waals surface area contributed by atoms with Gasteiger partial charge in [0.05, 0.1) is 0 Å². The molecule has 0 spiro atoms. The number of nitrogens with two attached hydrogens (primary N) is 1. The first-order valence-corrected chi connectivity index (χ1v) is 14.8. The third kappa shape index (κ3) is 5.62. The number of hydrogen-bond acceptors (Lipinski definition) is 11. The van der Waals surface area contributed by atoms with Crippen LogP contribution in [0.1, 0.15) is 19.2 Å². The van der Waals surface area contributed by atoms with Crippen LogP contribution in [-0.2, 0) is 32.3 Å². The SMILES string of the molecule is CCO/N=C(\C(=O)N[C@@H]1C(=O)N2C(C(=O)O)=C(C[n+]3cccc4c3ccn4CCCNC)CS[C@H]12)c1nsc(N)n1. The molecule has 2 amide bonds. The van der Waals surface area contributed by atoms with Crippen molar-refractivity contribution in [3.05, 3.63) is 47.7 Å². The van der Waals surface area contributed by atoms with Crippen molar-refractivity contribution in [3.63, 3.8) is 0 Å². The molecule has 0 saturated carbocycles. The van der Waals surface area contributed by atoms with E-state index in [1.165, 1.54) is 16.7 Å². The minimum Gasteiger partial charge on any atom is -0.477 e. The number of fused-ring (bicyclic) bond motifs is 2. The van der Waals surface area contributed by atoms with Crippen LogP contribution in [0.25, 0.3) is 11.0 Å². The van der Waals surface area contributed by atoms with Crippen molar-refractivity contribution in [2.75, 3.05) is 31.7 Å². The first kappa shape index (κ1) is 28.5. The summed E-state index contributed by atoms with van der Waals surface area (Å²) < 4.78 is 8.18.